The number of likely N-dealkylation sites (tertiary alicyclic amines) is 1. The molecule has 1 aromatic rings. The minimum Gasteiger partial charge on any atom is -0.367 e. The lowest BCUT2D eigenvalue weighted by Crippen LogP contribution is -2.49. The first-order valence-corrected chi connectivity index (χ1v) is 8.69. The molecule has 2 amide bonds. The van der Waals surface area contributed by atoms with Gasteiger partial charge in [0.15, 0.2) is 0 Å². The van der Waals surface area contributed by atoms with Gasteiger partial charge in [-0.2, -0.15) is 0 Å². The molecular weight excluding hydrogens is 304 g/mol. The lowest BCUT2D eigenvalue weighted by atomic mass is 10.0. The molecule has 0 spiro atoms. The zero-order valence-corrected chi connectivity index (χ0v) is 15.4. The van der Waals surface area contributed by atoms with E-state index < -0.39 is 6.04 Å². The van der Waals surface area contributed by atoms with Crippen LogP contribution >= 0.6 is 0 Å². The summed E-state index contributed by atoms with van der Waals surface area (Å²) in [5.41, 5.74) is 1.49. The zero-order chi connectivity index (χ0) is 17.9. The van der Waals surface area contributed by atoms with Gasteiger partial charge in [0, 0.05) is 31.5 Å². The summed E-state index contributed by atoms with van der Waals surface area (Å²) in [4.78, 5) is 32.4. The fourth-order valence-electron chi connectivity index (χ4n) is 3.20. The molecule has 1 aromatic heterocycles. The number of amides is 2. The van der Waals surface area contributed by atoms with Crippen molar-refractivity contribution in [2.45, 2.75) is 45.7 Å². The Morgan fingerprint density at radius 1 is 1.38 bits per heavy atom. The molecule has 6 nitrogen and oxygen atoms in total. The maximum absolute atomic E-state index is 12.9. The minimum atomic E-state index is -0.465. The predicted octanol–water partition coefficient (Wildman–Crippen LogP) is 1.63. The average Bonchev–Trinajstić information content (AvgIpc) is 3.14. The number of nitrogens with one attached hydrogen (secondary N) is 2. The molecule has 24 heavy (non-hydrogen) atoms. The van der Waals surface area contributed by atoms with E-state index in [9.17, 15) is 9.59 Å². The van der Waals surface area contributed by atoms with Gasteiger partial charge in [-0.05, 0) is 45.3 Å². The molecule has 0 bridgehead atoms. The summed E-state index contributed by atoms with van der Waals surface area (Å²) in [7, 11) is 4.08. The maximum Gasteiger partial charge on any atom is 0.253 e. The highest BCUT2D eigenvalue weighted by molar-refractivity contribution is 5.98. The SMILES string of the molecule is Cc1c[nH]cc1C(=O)N[C@@H](CC(C)C)C(=O)N1CC[C@H](N(C)C)C1. The number of H-pyrrole nitrogens is 1. The minimum absolute atomic E-state index is 0.0367. The van der Waals surface area contributed by atoms with Crippen LogP contribution in [0, 0.1) is 12.8 Å². The second kappa shape index (κ2) is 7.83. The van der Waals surface area contributed by atoms with Gasteiger partial charge in [0.1, 0.15) is 6.04 Å². The van der Waals surface area contributed by atoms with Gasteiger partial charge < -0.3 is 20.1 Å². The Morgan fingerprint density at radius 2 is 2.08 bits per heavy atom. The van der Waals surface area contributed by atoms with Crippen LogP contribution < -0.4 is 5.32 Å². The van der Waals surface area contributed by atoms with E-state index in [4.69, 9.17) is 0 Å². The molecule has 1 saturated heterocycles. The summed E-state index contributed by atoms with van der Waals surface area (Å²) in [6.45, 7) is 7.52. The van der Waals surface area contributed by atoms with Gasteiger partial charge in [0.2, 0.25) is 5.91 Å². The first-order valence-electron chi connectivity index (χ1n) is 8.69. The van der Waals surface area contributed by atoms with Crippen molar-refractivity contribution in [3.05, 3.63) is 23.5 Å². The molecule has 2 heterocycles. The molecule has 1 aliphatic heterocycles. The first-order chi connectivity index (χ1) is 11.3. The summed E-state index contributed by atoms with van der Waals surface area (Å²) < 4.78 is 0. The number of aromatic nitrogens is 1. The number of rotatable bonds is 6. The fourth-order valence-corrected chi connectivity index (χ4v) is 3.20. The zero-order valence-electron chi connectivity index (χ0n) is 15.4. The van der Waals surface area contributed by atoms with Crippen molar-refractivity contribution in [1.82, 2.24) is 20.1 Å². The van der Waals surface area contributed by atoms with Gasteiger partial charge in [-0.1, -0.05) is 13.8 Å². The Kier molecular flexibility index (Phi) is 6.04. The van der Waals surface area contributed by atoms with Crippen molar-refractivity contribution >= 4 is 11.8 Å². The number of aromatic amines is 1. The van der Waals surface area contributed by atoms with E-state index in [1.807, 2.05) is 25.9 Å². The number of hydrogen-bond donors (Lipinski definition) is 2. The lowest BCUT2D eigenvalue weighted by Gasteiger charge is -2.26. The van der Waals surface area contributed by atoms with Gasteiger partial charge in [0.25, 0.3) is 5.91 Å². The molecule has 1 fully saturated rings. The summed E-state index contributed by atoms with van der Waals surface area (Å²) in [6, 6.07) is -0.0658. The number of hydrogen-bond acceptors (Lipinski definition) is 3. The fraction of sp³-hybridized carbons (Fsp3) is 0.667. The Balaban J connectivity index is 2.06. The highest BCUT2D eigenvalue weighted by atomic mass is 16.2. The number of nitrogens with zero attached hydrogens (tertiary/aromatic N) is 2. The Labute approximate surface area is 144 Å². The van der Waals surface area contributed by atoms with Crippen LogP contribution in [0.15, 0.2) is 12.4 Å². The van der Waals surface area contributed by atoms with Crippen molar-refractivity contribution < 1.29 is 9.59 Å². The molecule has 0 saturated carbocycles. The van der Waals surface area contributed by atoms with Crippen molar-refractivity contribution in [3.8, 4) is 0 Å². The quantitative estimate of drug-likeness (QED) is 0.831. The molecular formula is C18H30N4O2. The van der Waals surface area contributed by atoms with Gasteiger partial charge >= 0.3 is 0 Å². The first kappa shape index (κ1) is 18.5. The molecule has 2 atom stereocenters. The molecule has 1 aliphatic rings. The highest BCUT2D eigenvalue weighted by Gasteiger charge is 2.33. The predicted molar refractivity (Wildman–Crippen MR) is 94.9 cm³/mol. The van der Waals surface area contributed by atoms with Crippen LogP contribution in [-0.2, 0) is 4.79 Å². The van der Waals surface area contributed by atoms with Crippen molar-refractivity contribution in [1.29, 1.82) is 0 Å². The monoisotopic (exact) mass is 334 g/mol. The summed E-state index contributed by atoms with van der Waals surface area (Å²) in [5.74, 6) is 0.185. The summed E-state index contributed by atoms with van der Waals surface area (Å²) in [5, 5.41) is 2.95. The Hall–Kier alpha value is -1.82. The molecule has 0 unspecified atom stereocenters. The van der Waals surface area contributed by atoms with Gasteiger partial charge in [-0.3, -0.25) is 9.59 Å². The molecule has 6 heteroatoms. The number of aryl methyl sites for hydroxylation is 1. The number of carbonyl (C=O) groups excluding carboxylic acids is 2. The third-order valence-electron chi connectivity index (χ3n) is 4.71. The second-order valence-corrected chi connectivity index (χ2v) is 7.40. The molecule has 0 radical (unpaired) electrons. The van der Waals surface area contributed by atoms with Crippen LogP contribution in [0.1, 0.15) is 42.6 Å². The molecule has 2 rings (SSSR count). The Bertz CT molecular complexity index is 579. The smallest absolute Gasteiger partial charge is 0.253 e. The second-order valence-electron chi connectivity index (χ2n) is 7.40. The topological polar surface area (TPSA) is 68.4 Å². The third-order valence-corrected chi connectivity index (χ3v) is 4.71. The van der Waals surface area contributed by atoms with Gasteiger partial charge in [-0.25, -0.2) is 0 Å². The van der Waals surface area contributed by atoms with E-state index >= 15 is 0 Å². The largest absolute Gasteiger partial charge is 0.367 e. The Morgan fingerprint density at radius 3 is 2.58 bits per heavy atom. The van der Waals surface area contributed by atoms with E-state index in [1.165, 1.54) is 0 Å². The van der Waals surface area contributed by atoms with Crippen LogP contribution in [0.25, 0.3) is 0 Å². The van der Waals surface area contributed by atoms with E-state index in [0.717, 1.165) is 25.1 Å². The lowest BCUT2D eigenvalue weighted by molar-refractivity contribution is -0.132. The standard InChI is InChI=1S/C18H30N4O2/c1-12(2)8-16(20-17(23)15-10-19-9-13(15)3)18(24)22-7-6-14(11-22)21(4)5/h9-10,12,14,16,19H,6-8,11H2,1-5H3,(H,20,23)/t14-,16-/m0/s1. The van der Waals surface area contributed by atoms with Crippen molar-refractivity contribution in [3.63, 3.8) is 0 Å². The van der Waals surface area contributed by atoms with E-state index in [2.05, 4.69) is 29.0 Å². The highest BCUT2D eigenvalue weighted by Crippen LogP contribution is 2.17. The van der Waals surface area contributed by atoms with Gasteiger partial charge in [0.05, 0.1) is 5.56 Å². The van der Waals surface area contributed by atoms with Crippen LogP contribution in [-0.4, -0.2) is 65.9 Å². The number of likely N-dealkylation sites (N-methyl/N-ethyl adjacent to an activating group) is 1. The number of carbonyl (C=O) groups is 2. The van der Waals surface area contributed by atoms with E-state index in [0.29, 0.717) is 23.9 Å². The van der Waals surface area contributed by atoms with Crippen LogP contribution in [0.2, 0.25) is 0 Å². The van der Waals surface area contributed by atoms with E-state index in [1.54, 1.807) is 12.4 Å². The van der Waals surface area contributed by atoms with Crippen LogP contribution in [0.3, 0.4) is 0 Å². The van der Waals surface area contributed by atoms with Crippen molar-refractivity contribution in [2.24, 2.45) is 5.92 Å². The summed E-state index contributed by atoms with van der Waals surface area (Å²) >= 11 is 0. The van der Waals surface area contributed by atoms with Crippen molar-refractivity contribution in [2.75, 3.05) is 27.2 Å². The summed E-state index contributed by atoms with van der Waals surface area (Å²) in [6.07, 6.45) is 5.10. The van der Waals surface area contributed by atoms with Crippen LogP contribution in [0.5, 0.6) is 0 Å². The molecule has 134 valence electrons. The molecule has 0 aromatic carbocycles. The molecule has 0 aliphatic carbocycles. The van der Waals surface area contributed by atoms with E-state index in [-0.39, 0.29) is 11.8 Å². The third kappa shape index (κ3) is 4.38. The average molecular weight is 334 g/mol. The normalized spacial score (nSPS) is 19.1. The molecule has 2 N–H and O–H groups in total. The van der Waals surface area contributed by atoms with Crippen LogP contribution in [0.4, 0.5) is 0 Å². The van der Waals surface area contributed by atoms with Gasteiger partial charge in [-0.15, -0.1) is 0 Å². The maximum atomic E-state index is 12.9.